The topological polar surface area (TPSA) is 75.7 Å². The molecule has 0 saturated heterocycles. The molecule has 14 heavy (non-hydrogen) atoms. The number of carboxylic acid groups (broad SMARTS) is 1. The highest BCUT2D eigenvalue weighted by Crippen LogP contribution is 2.12. The van der Waals surface area contributed by atoms with Gasteiger partial charge in [-0.1, -0.05) is 0 Å². The molecular weight excluding hydrogens is 204 g/mol. The zero-order chi connectivity index (χ0) is 10.6. The molecule has 74 valence electrons. The Bertz CT molecular complexity index is 360. The molecule has 5 heteroatoms. The molecule has 0 aromatic heterocycles. The molecule has 0 aliphatic rings. The number of rotatable bonds is 3. The molecule has 0 aliphatic carbocycles. The van der Waals surface area contributed by atoms with E-state index in [1.165, 1.54) is 12.1 Å². The molecule has 1 aromatic carbocycles. The van der Waals surface area contributed by atoms with E-state index >= 15 is 0 Å². The molecule has 0 unspecified atom stereocenters. The molecule has 3 N–H and O–H groups in total. The molecule has 1 rings (SSSR count). The van der Waals surface area contributed by atoms with E-state index < -0.39 is 5.97 Å². The lowest BCUT2D eigenvalue weighted by Gasteiger charge is -1.97. The lowest BCUT2D eigenvalue weighted by Crippen LogP contribution is -2.12. The number of hydrogen-bond donors (Lipinski definition) is 2. The zero-order valence-electron chi connectivity index (χ0n) is 7.27. The van der Waals surface area contributed by atoms with Gasteiger partial charge in [0.1, 0.15) is 5.84 Å². The van der Waals surface area contributed by atoms with Crippen LogP contribution in [0.15, 0.2) is 29.3 Å². The van der Waals surface area contributed by atoms with Gasteiger partial charge in [0.15, 0.2) is 0 Å². The highest BCUT2D eigenvalue weighted by molar-refractivity contribution is 6.28. The van der Waals surface area contributed by atoms with Crippen LogP contribution in [-0.2, 0) is 0 Å². The van der Waals surface area contributed by atoms with Crippen molar-refractivity contribution in [3.63, 3.8) is 0 Å². The predicted molar refractivity (Wildman–Crippen MR) is 55.4 cm³/mol. The minimum Gasteiger partial charge on any atom is -0.478 e. The highest BCUT2D eigenvalue weighted by atomic mass is 35.5. The molecule has 0 heterocycles. The molecule has 0 fully saturated rings. The van der Waals surface area contributed by atoms with E-state index in [-0.39, 0.29) is 11.4 Å². The Morgan fingerprint density at radius 1 is 1.43 bits per heavy atom. The van der Waals surface area contributed by atoms with E-state index in [4.69, 9.17) is 22.4 Å². The lowest BCUT2D eigenvalue weighted by molar-refractivity contribution is 0.0697. The van der Waals surface area contributed by atoms with Gasteiger partial charge in [-0.3, -0.25) is 0 Å². The van der Waals surface area contributed by atoms with Crippen LogP contribution in [0.2, 0.25) is 0 Å². The van der Waals surface area contributed by atoms with Gasteiger partial charge in [0.2, 0.25) is 0 Å². The number of carboxylic acids is 1. The van der Waals surface area contributed by atoms with Gasteiger partial charge in [0.05, 0.1) is 17.1 Å². The first-order valence-corrected chi connectivity index (χ1v) is 4.39. The van der Waals surface area contributed by atoms with Crippen LogP contribution in [0.1, 0.15) is 10.4 Å². The molecule has 1 aromatic rings. The van der Waals surface area contributed by atoms with Gasteiger partial charge in [0.25, 0.3) is 0 Å². The van der Waals surface area contributed by atoms with Gasteiger partial charge >= 0.3 is 5.97 Å². The van der Waals surface area contributed by atoms with Crippen molar-refractivity contribution in [1.82, 2.24) is 0 Å². The first-order chi connectivity index (χ1) is 6.63. The summed E-state index contributed by atoms with van der Waals surface area (Å²) in [5.41, 5.74) is 6.21. The van der Waals surface area contributed by atoms with Crippen molar-refractivity contribution in [2.24, 2.45) is 10.7 Å². The third-order valence-electron chi connectivity index (χ3n) is 1.52. The first-order valence-electron chi connectivity index (χ1n) is 3.86. The van der Waals surface area contributed by atoms with E-state index in [1.54, 1.807) is 12.1 Å². The summed E-state index contributed by atoms with van der Waals surface area (Å²) in [6.07, 6.45) is 0. The number of alkyl halides is 1. The van der Waals surface area contributed by atoms with Crippen molar-refractivity contribution < 1.29 is 9.90 Å². The molecule has 0 spiro atoms. The quantitative estimate of drug-likeness (QED) is 0.454. The Kier molecular flexibility index (Phi) is 3.48. The summed E-state index contributed by atoms with van der Waals surface area (Å²) in [6.45, 7) is 0. The maximum Gasteiger partial charge on any atom is 0.335 e. The van der Waals surface area contributed by atoms with Crippen LogP contribution < -0.4 is 5.73 Å². The highest BCUT2D eigenvalue weighted by Gasteiger charge is 2.00. The number of hydrogen-bond acceptors (Lipinski definition) is 2. The van der Waals surface area contributed by atoms with E-state index in [9.17, 15) is 4.79 Å². The van der Waals surface area contributed by atoms with Crippen molar-refractivity contribution >= 4 is 29.1 Å². The summed E-state index contributed by atoms with van der Waals surface area (Å²) < 4.78 is 0. The van der Waals surface area contributed by atoms with Gasteiger partial charge in [-0.15, -0.1) is 11.6 Å². The van der Waals surface area contributed by atoms with Crippen LogP contribution in [0.5, 0.6) is 0 Å². The number of nitrogens with two attached hydrogens (primary N) is 1. The van der Waals surface area contributed by atoms with Crippen molar-refractivity contribution in [2.45, 2.75) is 0 Å². The maximum atomic E-state index is 10.5. The van der Waals surface area contributed by atoms with E-state index in [0.717, 1.165) is 0 Å². The molecule has 0 aliphatic heterocycles. The smallest absolute Gasteiger partial charge is 0.335 e. The second kappa shape index (κ2) is 4.62. The monoisotopic (exact) mass is 212 g/mol. The summed E-state index contributed by atoms with van der Waals surface area (Å²) in [5.74, 6) is -0.513. The molecule has 0 amide bonds. The number of aromatic carboxylic acids is 1. The van der Waals surface area contributed by atoms with Gasteiger partial charge < -0.3 is 10.8 Å². The van der Waals surface area contributed by atoms with Crippen LogP contribution in [0.4, 0.5) is 5.69 Å². The SMILES string of the molecule is NC(CCl)=Nc1ccc(C(=O)O)cc1. The lowest BCUT2D eigenvalue weighted by atomic mass is 10.2. The van der Waals surface area contributed by atoms with Gasteiger partial charge in [-0.2, -0.15) is 0 Å². The summed E-state index contributed by atoms with van der Waals surface area (Å²) in [5, 5.41) is 8.62. The van der Waals surface area contributed by atoms with Gasteiger partial charge in [-0.05, 0) is 24.3 Å². The third kappa shape index (κ3) is 2.74. The summed E-state index contributed by atoms with van der Waals surface area (Å²) in [7, 11) is 0. The van der Waals surface area contributed by atoms with E-state index in [2.05, 4.69) is 4.99 Å². The Balaban J connectivity index is 2.89. The van der Waals surface area contributed by atoms with E-state index in [1.807, 2.05) is 0 Å². The van der Waals surface area contributed by atoms with Crippen molar-refractivity contribution in [3.05, 3.63) is 29.8 Å². The number of benzene rings is 1. The Morgan fingerprint density at radius 2 is 2.00 bits per heavy atom. The second-order valence-corrected chi connectivity index (χ2v) is 2.86. The van der Waals surface area contributed by atoms with Crippen molar-refractivity contribution in [1.29, 1.82) is 0 Å². The summed E-state index contributed by atoms with van der Waals surface area (Å²) in [6, 6.07) is 6.07. The van der Waals surface area contributed by atoms with Crippen LogP contribution >= 0.6 is 11.6 Å². The van der Waals surface area contributed by atoms with Crippen molar-refractivity contribution in [3.8, 4) is 0 Å². The van der Waals surface area contributed by atoms with Crippen molar-refractivity contribution in [2.75, 3.05) is 5.88 Å². The molecule has 0 bridgehead atoms. The number of carbonyl (C=O) groups is 1. The number of aliphatic imine (C=N–C) groups is 1. The minimum atomic E-state index is -0.967. The second-order valence-electron chi connectivity index (χ2n) is 2.59. The average Bonchev–Trinajstić information content (AvgIpc) is 2.18. The van der Waals surface area contributed by atoms with Gasteiger partial charge in [0, 0.05) is 0 Å². The Hall–Kier alpha value is -1.55. The van der Waals surface area contributed by atoms with E-state index in [0.29, 0.717) is 11.5 Å². The van der Waals surface area contributed by atoms with Gasteiger partial charge in [-0.25, -0.2) is 9.79 Å². The van der Waals surface area contributed by atoms with Crippen LogP contribution in [0.25, 0.3) is 0 Å². The molecule has 0 radical (unpaired) electrons. The predicted octanol–water partition coefficient (Wildman–Crippen LogP) is 1.61. The summed E-state index contributed by atoms with van der Waals surface area (Å²) >= 11 is 5.43. The maximum absolute atomic E-state index is 10.5. The fraction of sp³-hybridized carbons (Fsp3) is 0.111. The molecule has 4 nitrogen and oxygen atoms in total. The fourth-order valence-electron chi connectivity index (χ4n) is 0.874. The molecule has 0 atom stereocenters. The minimum absolute atomic E-state index is 0.153. The third-order valence-corrected chi connectivity index (χ3v) is 1.80. The molecule has 0 saturated carbocycles. The molecular formula is C9H9ClN2O2. The largest absolute Gasteiger partial charge is 0.478 e. The normalized spacial score (nSPS) is 11.4. The number of amidine groups is 1. The fourth-order valence-corrected chi connectivity index (χ4v) is 0.934. The first kappa shape index (κ1) is 10.5. The van der Waals surface area contributed by atoms with Crippen LogP contribution in [0, 0.1) is 0 Å². The average molecular weight is 213 g/mol. The summed E-state index contributed by atoms with van der Waals surface area (Å²) in [4.78, 5) is 14.5. The Morgan fingerprint density at radius 3 is 2.43 bits per heavy atom. The Labute approximate surface area is 86.0 Å². The zero-order valence-corrected chi connectivity index (χ0v) is 8.03. The number of halogens is 1. The van der Waals surface area contributed by atoms with Crippen LogP contribution in [-0.4, -0.2) is 22.8 Å². The van der Waals surface area contributed by atoms with Crippen LogP contribution in [0.3, 0.4) is 0 Å². The standard InChI is InChI=1S/C9H9ClN2O2/c10-5-8(11)12-7-3-1-6(2-4-7)9(13)14/h1-4H,5H2,(H2,11,12)(H,13,14). The number of nitrogens with zero attached hydrogens (tertiary/aromatic N) is 1.